The standard InChI is InChI=1S/C7H11NO/c8-4-5-3-6-1-2-7(5)9-6/h1-2,5-7H,3-4,8H2/t5-,6-,7+/m1/s1. The lowest BCUT2D eigenvalue weighted by Gasteiger charge is -2.10. The third-order valence-electron chi connectivity index (χ3n) is 2.15. The van der Waals surface area contributed by atoms with Crippen LogP contribution < -0.4 is 5.73 Å². The molecule has 2 aliphatic heterocycles. The van der Waals surface area contributed by atoms with Gasteiger partial charge in [-0.25, -0.2) is 0 Å². The summed E-state index contributed by atoms with van der Waals surface area (Å²) < 4.78 is 5.48. The van der Waals surface area contributed by atoms with Crippen LogP contribution in [0.1, 0.15) is 6.42 Å². The Labute approximate surface area is 54.7 Å². The third-order valence-corrected chi connectivity index (χ3v) is 2.15. The lowest BCUT2D eigenvalue weighted by atomic mass is 9.95. The van der Waals surface area contributed by atoms with Gasteiger partial charge in [-0.05, 0) is 13.0 Å². The number of hydrogen-bond acceptors (Lipinski definition) is 2. The van der Waals surface area contributed by atoms with Crippen LogP contribution in [0.25, 0.3) is 0 Å². The molecule has 0 aromatic heterocycles. The van der Waals surface area contributed by atoms with Crippen molar-refractivity contribution in [3.05, 3.63) is 12.2 Å². The Balaban J connectivity index is 2.10. The SMILES string of the molecule is NC[C@H]1C[C@H]2C=C[C@@H]1O2. The van der Waals surface area contributed by atoms with Crippen LogP contribution in [0.3, 0.4) is 0 Å². The molecule has 50 valence electrons. The van der Waals surface area contributed by atoms with Gasteiger partial charge >= 0.3 is 0 Å². The minimum absolute atomic E-state index is 0.347. The molecule has 0 amide bonds. The smallest absolute Gasteiger partial charge is 0.0806 e. The van der Waals surface area contributed by atoms with Crippen molar-refractivity contribution < 1.29 is 4.74 Å². The fraction of sp³-hybridized carbons (Fsp3) is 0.714. The van der Waals surface area contributed by atoms with Gasteiger partial charge in [0.1, 0.15) is 0 Å². The van der Waals surface area contributed by atoms with E-state index in [9.17, 15) is 0 Å². The molecule has 3 atom stereocenters. The molecule has 9 heavy (non-hydrogen) atoms. The van der Waals surface area contributed by atoms with Crippen molar-refractivity contribution in [2.75, 3.05) is 6.54 Å². The largest absolute Gasteiger partial charge is 0.367 e. The zero-order chi connectivity index (χ0) is 6.27. The quantitative estimate of drug-likeness (QED) is 0.511. The van der Waals surface area contributed by atoms with Crippen LogP contribution in [0.15, 0.2) is 12.2 Å². The first-order valence-corrected chi connectivity index (χ1v) is 3.44. The van der Waals surface area contributed by atoms with Gasteiger partial charge in [-0.1, -0.05) is 12.2 Å². The summed E-state index contributed by atoms with van der Waals surface area (Å²) in [5.41, 5.74) is 5.51. The van der Waals surface area contributed by atoms with E-state index in [1.807, 2.05) is 0 Å². The highest BCUT2D eigenvalue weighted by Gasteiger charge is 2.35. The van der Waals surface area contributed by atoms with E-state index >= 15 is 0 Å². The first-order valence-electron chi connectivity index (χ1n) is 3.44. The van der Waals surface area contributed by atoms with Crippen LogP contribution in [0, 0.1) is 5.92 Å². The zero-order valence-electron chi connectivity index (χ0n) is 5.29. The van der Waals surface area contributed by atoms with Crippen molar-refractivity contribution in [3.8, 4) is 0 Å². The molecule has 1 fully saturated rings. The molecule has 0 aliphatic carbocycles. The Kier molecular flexibility index (Phi) is 1.10. The van der Waals surface area contributed by atoms with Crippen LogP contribution >= 0.6 is 0 Å². The topological polar surface area (TPSA) is 35.2 Å². The fourth-order valence-electron chi connectivity index (χ4n) is 1.59. The lowest BCUT2D eigenvalue weighted by molar-refractivity contribution is 0.110. The molecule has 0 radical (unpaired) electrons. The number of hydrogen-bond donors (Lipinski definition) is 1. The second-order valence-corrected chi connectivity index (χ2v) is 2.76. The van der Waals surface area contributed by atoms with Crippen LogP contribution in [-0.4, -0.2) is 18.8 Å². The Morgan fingerprint density at radius 3 is 2.78 bits per heavy atom. The van der Waals surface area contributed by atoms with Crippen LogP contribution in [0.5, 0.6) is 0 Å². The van der Waals surface area contributed by atoms with Crippen molar-refractivity contribution in [2.45, 2.75) is 18.6 Å². The second-order valence-electron chi connectivity index (χ2n) is 2.76. The van der Waals surface area contributed by atoms with Crippen LogP contribution in [-0.2, 0) is 4.74 Å². The predicted octanol–water partition coefficient (Wildman–Crippen LogP) is 0.289. The molecule has 2 rings (SSSR count). The van der Waals surface area contributed by atoms with Crippen molar-refractivity contribution in [3.63, 3.8) is 0 Å². The van der Waals surface area contributed by atoms with Gasteiger partial charge < -0.3 is 10.5 Å². The van der Waals surface area contributed by atoms with E-state index < -0.39 is 0 Å². The maximum absolute atomic E-state index is 5.51. The summed E-state index contributed by atoms with van der Waals surface area (Å²) in [5.74, 6) is 0.597. The molecule has 0 aromatic rings. The van der Waals surface area contributed by atoms with Crippen molar-refractivity contribution >= 4 is 0 Å². The highest BCUT2D eigenvalue weighted by atomic mass is 16.5. The molecular formula is C7H11NO. The minimum Gasteiger partial charge on any atom is -0.367 e. The van der Waals surface area contributed by atoms with Crippen molar-refractivity contribution in [2.24, 2.45) is 11.7 Å². The Bertz CT molecular complexity index is 144. The Morgan fingerprint density at radius 2 is 2.44 bits per heavy atom. The maximum Gasteiger partial charge on any atom is 0.0806 e. The van der Waals surface area contributed by atoms with E-state index in [2.05, 4.69) is 12.2 Å². The number of ether oxygens (including phenoxy) is 1. The van der Waals surface area contributed by atoms with Crippen molar-refractivity contribution in [1.29, 1.82) is 0 Å². The summed E-state index contributed by atoms with van der Waals surface area (Å²) in [6.07, 6.45) is 6.14. The Morgan fingerprint density at radius 1 is 1.56 bits per heavy atom. The van der Waals surface area contributed by atoms with E-state index in [0.29, 0.717) is 18.1 Å². The average Bonchev–Trinajstić information content (AvgIpc) is 2.45. The molecule has 2 heterocycles. The number of rotatable bonds is 1. The first-order chi connectivity index (χ1) is 4.40. The summed E-state index contributed by atoms with van der Waals surface area (Å²) in [7, 11) is 0. The Hall–Kier alpha value is -0.340. The van der Waals surface area contributed by atoms with E-state index in [-0.39, 0.29) is 0 Å². The summed E-state index contributed by atoms with van der Waals surface area (Å²) in [5, 5.41) is 0. The number of fused-ring (bicyclic) bond motifs is 2. The summed E-state index contributed by atoms with van der Waals surface area (Å²) >= 11 is 0. The lowest BCUT2D eigenvalue weighted by Crippen LogP contribution is -2.22. The van der Waals surface area contributed by atoms with Gasteiger partial charge in [-0.2, -0.15) is 0 Å². The van der Waals surface area contributed by atoms with E-state index in [1.165, 1.54) is 0 Å². The average molecular weight is 125 g/mol. The molecule has 0 unspecified atom stereocenters. The fourth-order valence-corrected chi connectivity index (χ4v) is 1.59. The highest BCUT2D eigenvalue weighted by molar-refractivity contribution is 5.10. The summed E-state index contributed by atoms with van der Waals surface area (Å²) in [6.45, 7) is 0.769. The predicted molar refractivity (Wildman–Crippen MR) is 35.0 cm³/mol. The van der Waals surface area contributed by atoms with Gasteiger partial charge in [0.05, 0.1) is 12.2 Å². The third kappa shape index (κ3) is 0.705. The molecular weight excluding hydrogens is 114 g/mol. The van der Waals surface area contributed by atoms with E-state index in [1.54, 1.807) is 0 Å². The monoisotopic (exact) mass is 125 g/mol. The highest BCUT2D eigenvalue weighted by Crippen LogP contribution is 2.32. The number of nitrogens with two attached hydrogens (primary N) is 1. The van der Waals surface area contributed by atoms with Gasteiger partial charge in [-0.3, -0.25) is 0 Å². The van der Waals surface area contributed by atoms with Crippen LogP contribution in [0.2, 0.25) is 0 Å². The molecule has 1 saturated heterocycles. The first kappa shape index (κ1) is 5.45. The molecule has 2 heteroatoms. The van der Waals surface area contributed by atoms with Gasteiger partial charge in [0, 0.05) is 5.92 Å². The van der Waals surface area contributed by atoms with Gasteiger partial charge in [0.25, 0.3) is 0 Å². The molecule has 2 N–H and O–H groups in total. The molecule has 2 aliphatic rings. The maximum atomic E-state index is 5.51. The van der Waals surface area contributed by atoms with Gasteiger partial charge in [0.15, 0.2) is 0 Å². The molecule has 2 nitrogen and oxygen atoms in total. The zero-order valence-corrected chi connectivity index (χ0v) is 5.29. The van der Waals surface area contributed by atoms with Gasteiger partial charge in [0.2, 0.25) is 0 Å². The molecule has 0 spiro atoms. The van der Waals surface area contributed by atoms with E-state index in [4.69, 9.17) is 10.5 Å². The minimum atomic E-state index is 0.347. The summed E-state index contributed by atoms with van der Waals surface area (Å²) in [4.78, 5) is 0. The molecule has 0 aromatic carbocycles. The normalized spacial score (nSPS) is 46.6. The molecule has 2 bridgehead atoms. The molecule has 0 saturated carbocycles. The van der Waals surface area contributed by atoms with Gasteiger partial charge in [-0.15, -0.1) is 0 Å². The van der Waals surface area contributed by atoms with E-state index in [0.717, 1.165) is 13.0 Å². The van der Waals surface area contributed by atoms with Crippen LogP contribution in [0.4, 0.5) is 0 Å². The second kappa shape index (κ2) is 1.82. The summed E-state index contributed by atoms with van der Waals surface area (Å²) in [6, 6.07) is 0. The van der Waals surface area contributed by atoms with Crippen molar-refractivity contribution in [1.82, 2.24) is 0 Å².